The van der Waals surface area contributed by atoms with Gasteiger partial charge in [-0.15, -0.1) is 0 Å². The number of aromatic nitrogens is 4. The molecule has 1 unspecified atom stereocenters. The second-order valence-corrected chi connectivity index (χ2v) is 10.3. The average molecular weight is 439 g/mol. The second-order valence-electron chi connectivity index (χ2n) is 7.86. The Hall–Kier alpha value is -3.77. The molecule has 0 aliphatic rings. The number of benzene rings is 1. The minimum absolute atomic E-state index is 0.729. The van der Waals surface area contributed by atoms with Gasteiger partial charge in [-0.3, -0.25) is 18.6 Å². The SMILES string of the molecule is C=S(C)(=O)c1ccc(-c2cc(-c3c(-c4cccc(C)n4)nc4ccccn34)ccn2)cc1. The topological polar surface area (TPSA) is 60.2 Å². The molecule has 0 saturated heterocycles. The fourth-order valence-electron chi connectivity index (χ4n) is 3.77. The molecular formula is C26H22N4OS. The van der Waals surface area contributed by atoms with Crippen molar-refractivity contribution in [1.29, 1.82) is 0 Å². The highest BCUT2D eigenvalue weighted by atomic mass is 32.2. The summed E-state index contributed by atoms with van der Waals surface area (Å²) < 4.78 is 14.3. The minimum Gasteiger partial charge on any atom is -0.299 e. The maximum absolute atomic E-state index is 12.2. The van der Waals surface area contributed by atoms with Crippen molar-refractivity contribution in [3.05, 3.63) is 90.9 Å². The van der Waals surface area contributed by atoms with Gasteiger partial charge in [0.25, 0.3) is 0 Å². The van der Waals surface area contributed by atoms with Crippen LogP contribution in [0.25, 0.3) is 39.5 Å². The van der Waals surface area contributed by atoms with E-state index >= 15 is 0 Å². The molecule has 0 bridgehead atoms. The van der Waals surface area contributed by atoms with Gasteiger partial charge in [0.15, 0.2) is 0 Å². The Bertz CT molecular complexity index is 1550. The van der Waals surface area contributed by atoms with Gasteiger partial charge in [-0.25, -0.2) is 4.98 Å². The quantitative estimate of drug-likeness (QED) is 0.365. The third-order valence-corrected chi connectivity index (χ3v) is 6.61. The van der Waals surface area contributed by atoms with Crippen LogP contribution in [0.5, 0.6) is 0 Å². The molecule has 6 heteroatoms. The van der Waals surface area contributed by atoms with E-state index in [0.717, 1.165) is 50.1 Å². The normalized spacial score (nSPS) is 13.2. The van der Waals surface area contributed by atoms with E-state index in [2.05, 4.69) is 21.3 Å². The predicted octanol–water partition coefficient (Wildman–Crippen LogP) is 5.14. The monoisotopic (exact) mass is 438 g/mol. The first kappa shape index (κ1) is 20.2. The van der Waals surface area contributed by atoms with Crippen LogP contribution in [-0.2, 0) is 9.52 Å². The van der Waals surface area contributed by atoms with Crippen molar-refractivity contribution < 1.29 is 4.21 Å². The van der Waals surface area contributed by atoms with Crippen LogP contribution in [-0.4, -0.2) is 35.7 Å². The van der Waals surface area contributed by atoms with Gasteiger partial charge in [0.2, 0.25) is 0 Å². The lowest BCUT2D eigenvalue weighted by Crippen LogP contribution is -1.96. The number of aryl methyl sites for hydroxylation is 1. The van der Waals surface area contributed by atoms with Crippen molar-refractivity contribution in [2.45, 2.75) is 11.8 Å². The third-order valence-electron chi connectivity index (χ3n) is 5.34. The van der Waals surface area contributed by atoms with Crippen molar-refractivity contribution in [2.75, 3.05) is 6.26 Å². The summed E-state index contributed by atoms with van der Waals surface area (Å²) in [5.74, 6) is 3.76. The van der Waals surface area contributed by atoms with Crippen molar-refractivity contribution >= 4 is 21.0 Å². The highest BCUT2D eigenvalue weighted by molar-refractivity contribution is 7.99. The van der Waals surface area contributed by atoms with Crippen LogP contribution in [0, 0.1) is 6.92 Å². The van der Waals surface area contributed by atoms with Crippen LogP contribution in [0.1, 0.15) is 5.69 Å². The Morgan fingerprint density at radius 3 is 2.44 bits per heavy atom. The number of hydrogen-bond donors (Lipinski definition) is 0. The lowest BCUT2D eigenvalue weighted by atomic mass is 10.0. The Morgan fingerprint density at radius 1 is 0.875 bits per heavy atom. The standard InChI is InChI=1S/C26H22N4OS/c1-18-7-6-8-22(28-18)25-26(30-16-5-4-9-24(30)29-25)20-14-15-27-23(17-20)19-10-12-21(13-11-19)32(2,3)31/h4-17H,2H2,1,3H3. The van der Waals surface area contributed by atoms with E-state index in [1.807, 2.05) is 79.9 Å². The van der Waals surface area contributed by atoms with Crippen LogP contribution >= 0.6 is 0 Å². The molecule has 0 saturated carbocycles. The van der Waals surface area contributed by atoms with Crippen molar-refractivity contribution in [1.82, 2.24) is 19.4 Å². The largest absolute Gasteiger partial charge is 0.299 e. The van der Waals surface area contributed by atoms with Crippen molar-refractivity contribution in [3.8, 4) is 33.9 Å². The molecule has 5 aromatic rings. The van der Waals surface area contributed by atoms with Crippen LogP contribution in [0.4, 0.5) is 0 Å². The zero-order valence-corrected chi connectivity index (χ0v) is 18.7. The van der Waals surface area contributed by atoms with Gasteiger partial charge in [0.05, 0.1) is 17.1 Å². The molecule has 0 fully saturated rings. The summed E-state index contributed by atoms with van der Waals surface area (Å²) in [5, 5.41) is 0. The summed E-state index contributed by atoms with van der Waals surface area (Å²) in [4.78, 5) is 14.9. The lowest BCUT2D eigenvalue weighted by molar-refractivity contribution is 0.685. The first-order chi connectivity index (χ1) is 15.4. The van der Waals surface area contributed by atoms with Crippen molar-refractivity contribution in [2.24, 2.45) is 0 Å². The number of rotatable bonds is 4. The predicted molar refractivity (Wildman–Crippen MR) is 131 cm³/mol. The number of fused-ring (bicyclic) bond motifs is 1. The molecule has 0 radical (unpaired) electrons. The van der Waals surface area contributed by atoms with Gasteiger partial charge < -0.3 is 0 Å². The highest BCUT2D eigenvalue weighted by Gasteiger charge is 2.17. The van der Waals surface area contributed by atoms with Crippen LogP contribution in [0.15, 0.2) is 90.1 Å². The van der Waals surface area contributed by atoms with E-state index < -0.39 is 9.52 Å². The Labute approximate surface area is 187 Å². The molecule has 0 spiro atoms. The molecule has 1 atom stereocenters. The summed E-state index contributed by atoms with van der Waals surface area (Å²) >= 11 is 0. The number of nitrogens with zero attached hydrogens (tertiary/aromatic N) is 4. The Kier molecular flexibility index (Phi) is 4.87. The van der Waals surface area contributed by atoms with Crippen molar-refractivity contribution in [3.63, 3.8) is 0 Å². The smallest absolute Gasteiger partial charge is 0.138 e. The molecule has 0 N–H and O–H groups in total. The van der Waals surface area contributed by atoms with Gasteiger partial charge in [-0.1, -0.05) is 24.3 Å². The first-order valence-electron chi connectivity index (χ1n) is 10.2. The van der Waals surface area contributed by atoms with Gasteiger partial charge in [0, 0.05) is 40.4 Å². The molecule has 5 nitrogen and oxygen atoms in total. The average Bonchev–Trinajstić information content (AvgIpc) is 3.18. The lowest BCUT2D eigenvalue weighted by Gasteiger charge is -2.09. The van der Waals surface area contributed by atoms with Gasteiger partial charge in [-0.05, 0) is 70.8 Å². The van der Waals surface area contributed by atoms with Crippen LogP contribution < -0.4 is 0 Å². The van der Waals surface area contributed by atoms with E-state index in [0.29, 0.717) is 0 Å². The third kappa shape index (κ3) is 3.69. The summed E-state index contributed by atoms with van der Waals surface area (Å²) in [5.41, 5.74) is 7.20. The number of imidazole rings is 1. The summed E-state index contributed by atoms with van der Waals surface area (Å²) in [6, 6.07) is 23.6. The zero-order chi connectivity index (χ0) is 22.3. The van der Waals surface area contributed by atoms with Gasteiger partial charge >= 0.3 is 0 Å². The molecule has 158 valence electrons. The second kappa shape index (κ2) is 7.73. The maximum Gasteiger partial charge on any atom is 0.138 e. The fourth-order valence-corrected chi connectivity index (χ4v) is 4.49. The number of pyridine rings is 3. The van der Waals surface area contributed by atoms with Crippen LogP contribution in [0.2, 0.25) is 0 Å². The summed E-state index contributed by atoms with van der Waals surface area (Å²) in [7, 11) is -2.25. The highest BCUT2D eigenvalue weighted by Crippen LogP contribution is 2.33. The van der Waals surface area contributed by atoms with E-state index in [1.54, 1.807) is 12.5 Å². The van der Waals surface area contributed by atoms with Gasteiger partial charge in [-0.2, -0.15) is 0 Å². The summed E-state index contributed by atoms with van der Waals surface area (Å²) in [6.45, 7) is 1.98. The van der Waals surface area contributed by atoms with E-state index in [9.17, 15) is 4.21 Å². The number of hydrogen-bond acceptors (Lipinski definition) is 4. The molecule has 4 heterocycles. The molecule has 0 aliphatic carbocycles. The molecule has 1 aromatic carbocycles. The first-order valence-corrected chi connectivity index (χ1v) is 12.3. The summed E-state index contributed by atoms with van der Waals surface area (Å²) in [6.07, 6.45) is 5.46. The Balaban J connectivity index is 1.68. The minimum atomic E-state index is -2.25. The van der Waals surface area contributed by atoms with E-state index in [1.165, 1.54) is 0 Å². The molecule has 0 aliphatic heterocycles. The fraction of sp³-hybridized carbons (Fsp3) is 0.0769. The Morgan fingerprint density at radius 2 is 1.69 bits per heavy atom. The maximum atomic E-state index is 12.2. The molecule has 4 aromatic heterocycles. The van der Waals surface area contributed by atoms with Gasteiger partial charge in [0.1, 0.15) is 11.3 Å². The molecule has 32 heavy (non-hydrogen) atoms. The van der Waals surface area contributed by atoms with E-state index in [-0.39, 0.29) is 0 Å². The van der Waals surface area contributed by atoms with E-state index in [4.69, 9.17) is 9.97 Å². The van der Waals surface area contributed by atoms with Crippen LogP contribution in [0.3, 0.4) is 0 Å². The molecular weight excluding hydrogens is 416 g/mol. The molecule has 5 rings (SSSR count). The zero-order valence-electron chi connectivity index (χ0n) is 17.9. The molecule has 0 amide bonds.